The summed E-state index contributed by atoms with van der Waals surface area (Å²) in [6.45, 7) is 1.99. The molecular formula is C14H10BrClO. The summed E-state index contributed by atoms with van der Waals surface area (Å²) in [4.78, 5) is 12.2. The van der Waals surface area contributed by atoms with Gasteiger partial charge in [0.05, 0.1) is 0 Å². The molecule has 0 heterocycles. The number of carbonyl (C=O) groups excluding carboxylic acids is 1. The smallest absolute Gasteiger partial charge is 0.193 e. The van der Waals surface area contributed by atoms with Gasteiger partial charge in [0.1, 0.15) is 0 Å². The van der Waals surface area contributed by atoms with Crippen molar-refractivity contribution in [3.63, 3.8) is 0 Å². The first kappa shape index (κ1) is 12.3. The van der Waals surface area contributed by atoms with Gasteiger partial charge in [-0.05, 0) is 42.8 Å². The summed E-state index contributed by atoms with van der Waals surface area (Å²) in [5.41, 5.74) is 2.42. The zero-order valence-electron chi connectivity index (χ0n) is 9.21. The molecule has 0 saturated heterocycles. The van der Waals surface area contributed by atoms with Gasteiger partial charge in [-0.3, -0.25) is 4.79 Å². The summed E-state index contributed by atoms with van der Waals surface area (Å²) in [5.74, 6) is 0.00219. The van der Waals surface area contributed by atoms with Crippen LogP contribution in [0.15, 0.2) is 46.9 Å². The van der Waals surface area contributed by atoms with E-state index in [1.54, 1.807) is 24.3 Å². The molecule has 0 aromatic heterocycles. The SMILES string of the molecule is Cc1ccc(C(=O)c2ccc(Cl)cc2)cc1Br. The van der Waals surface area contributed by atoms with Crippen LogP contribution in [0.4, 0.5) is 0 Å². The molecule has 0 spiro atoms. The predicted octanol–water partition coefficient (Wildman–Crippen LogP) is 4.64. The number of hydrogen-bond donors (Lipinski definition) is 0. The van der Waals surface area contributed by atoms with Crippen LogP contribution in [0.25, 0.3) is 0 Å². The molecule has 0 saturated carbocycles. The summed E-state index contributed by atoms with van der Waals surface area (Å²) in [5, 5.41) is 0.631. The summed E-state index contributed by atoms with van der Waals surface area (Å²) >= 11 is 9.21. The normalized spacial score (nSPS) is 10.3. The Kier molecular flexibility index (Phi) is 3.65. The number of carbonyl (C=O) groups is 1. The first-order chi connectivity index (χ1) is 8.08. The molecule has 0 unspecified atom stereocenters. The highest BCUT2D eigenvalue weighted by Gasteiger charge is 2.09. The lowest BCUT2D eigenvalue weighted by Crippen LogP contribution is -2.01. The molecule has 2 aromatic carbocycles. The van der Waals surface area contributed by atoms with Gasteiger partial charge in [-0.2, -0.15) is 0 Å². The van der Waals surface area contributed by atoms with Crippen molar-refractivity contribution in [3.05, 3.63) is 68.7 Å². The van der Waals surface area contributed by atoms with Gasteiger partial charge in [0.2, 0.25) is 0 Å². The molecule has 0 amide bonds. The van der Waals surface area contributed by atoms with Crippen molar-refractivity contribution < 1.29 is 4.79 Å². The van der Waals surface area contributed by atoms with Gasteiger partial charge >= 0.3 is 0 Å². The number of aryl methyl sites for hydroxylation is 1. The van der Waals surface area contributed by atoms with Crippen molar-refractivity contribution in [2.75, 3.05) is 0 Å². The highest BCUT2D eigenvalue weighted by atomic mass is 79.9. The standard InChI is InChI=1S/C14H10BrClO/c1-9-2-3-11(8-13(9)15)14(17)10-4-6-12(16)7-5-10/h2-8H,1H3. The van der Waals surface area contributed by atoms with Crippen LogP contribution in [0.1, 0.15) is 21.5 Å². The lowest BCUT2D eigenvalue weighted by atomic mass is 10.0. The number of rotatable bonds is 2. The number of benzene rings is 2. The maximum Gasteiger partial charge on any atom is 0.193 e. The molecule has 1 nitrogen and oxygen atoms in total. The van der Waals surface area contributed by atoms with E-state index in [-0.39, 0.29) is 5.78 Å². The summed E-state index contributed by atoms with van der Waals surface area (Å²) in [7, 11) is 0. The number of halogens is 2. The molecule has 0 bridgehead atoms. The fourth-order valence-corrected chi connectivity index (χ4v) is 2.01. The summed E-state index contributed by atoms with van der Waals surface area (Å²) < 4.78 is 0.942. The Labute approximate surface area is 114 Å². The molecule has 3 heteroatoms. The Morgan fingerprint density at radius 2 is 1.65 bits per heavy atom. The van der Waals surface area contributed by atoms with Crippen molar-refractivity contribution in [2.24, 2.45) is 0 Å². The molecule has 0 aliphatic carbocycles. The van der Waals surface area contributed by atoms with Crippen molar-refractivity contribution in [1.29, 1.82) is 0 Å². The van der Waals surface area contributed by atoms with Gasteiger partial charge in [0.15, 0.2) is 5.78 Å². The Hall–Kier alpha value is -1.12. The maximum atomic E-state index is 12.2. The highest BCUT2D eigenvalue weighted by Crippen LogP contribution is 2.20. The van der Waals surface area contributed by atoms with Crippen LogP contribution in [-0.4, -0.2) is 5.78 Å². The van der Waals surface area contributed by atoms with E-state index in [4.69, 9.17) is 11.6 Å². The van der Waals surface area contributed by atoms with Gasteiger partial charge in [-0.15, -0.1) is 0 Å². The third-order valence-corrected chi connectivity index (χ3v) is 3.65. The largest absolute Gasteiger partial charge is 0.289 e. The van der Waals surface area contributed by atoms with Crippen LogP contribution >= 0.6 is 27.5 Å². The fourth-order valence-electron chi connectivity index (χ4n) is 1.50. The summed E-state index contributed by atoms with van der Waals surface area (Å²) in [6.07, 6.45) is 0. The Bertz CT molecular complexity index is 561. The van der Waals surface area contributed by atoms with Crippen LogP contribution in [0, 0.1) is 6.92 Å². The molecule has 86 valence electrons. The van der Waals surface area contributed by atoms with E-state index < -0.39 is 0 Å². The van der Waals surface area contributed by atoms with Crippen molar-refractivity contribution in [1.82, 2.24) is 0 Å². The molecular weight excluding hydrogens is 300 g/mol. The van der Waals surface area contributed by atoms with Crippen molar-refractivity contribution >= 4 is 33.3 Å². The minimum Gasteiger partial charge on any atom is -0.289 e. The number of ketones is 1. The summed E-state index contributed by atoms with van der Waals surface area (Å²) in [6, 6.07) is 12.5. The Morgan fingerprint density at radius 1 is 1.06 bits per heavy atom. The van der Waals surface area contributed by atoms with Gasteiger partial charge in [0.25, 0.3) is 0 Å². The second-order valence-corrected chi connectivity index (χ2v) is 5.09. The fraction of sp³-hybridized carbons (Fsp3) is 0.0714. The van der Waals surface area contributed by atoms with Crippen LogP contribution in [0.3, 0.4) is 0 Å². The van der Waals surface area contributed by atoms with Crippen LogP contribution in [0.2, 0.25) is 5.02 Å². The topological polar surface area (TPSA) is 17.1 Å². The number of hydrogen-bond acceptors (Lipinski definition) is 1. The third kappa shape index (κ3) is 2.76. The lowest BCUT2D eigenvalue weighted by molar-refractivity contribution is 0.103. The molecule has 0 fully saturated rings. The first-order valence-corrected chi connectivity index (χ1v) is 6.31. The van der Waals surface area contributed by atoms with E-state index in [0.29, 0.717) is 16.1 Å². The average molecular weight is 310 g/mol. The second kappa shape index (κ2) is 5.03. The molecule has 0 N–H and O–H groups in total. The molecule has 2 rings (SSSR count). The Morgan fingerprint density at radius 3 is 2.24 bits per heavy atom. The molecule has 2 aromatic rings. The van der Waals surface area contributed by atoms with Gasteiger partial charge in [-0.25, -0.2) is 0 Å². The monoisotopic (exact) mass is 308 g/mol. The highest BCUT2D eigenvalue weighted by molar-refractivity contribution is 9.10. The van der Waals surface area contributed by atoms with Crippen molar-refractivity contribution in [3.8, 4) is 0 Å². The van der Waals surface area contributed by atoms with Crippen LogP contribution in [0.5, 0.6) is 0 Å². The second-order valence-electron chi connectivity index (χ2n) is 3.80. The van der Waals surface area contributed by atoms with Gasteiger partial charge in [-0.1, -0.05) is 39.7 Å². The molecule has 0 atom stereocenters. The van der Waals surface area contributed by atoms with Gasteiger partial charge < -0.3 is 0 Å². The molecule has 0 radical (unpaired) electrons. The molecule has 0 aliphatic heterocycles. The van der Waals surface area contributed by atoms with Crippen LogP contribution < -0.4 is 0 Å². The van der Waals surface area contributed by atoms with Gasteiger partial charge in [0, 0.05) is 20.6 Å². The Balaban J connectivity index is 2.37. The van der Waals surface area contributed by atoms with E-state index in [1.807, 2.05) is 25.1 Å². The lowest BCUT2D eigenvalue weighted by Gasteiger charge is -2.04. The van der Waals surface area contributed by atoms with Crippen molar-refractivity contribution in [2.45, 2.75) is 6.92 Å². The zero-order chi connectivity index (χ0) is 12.4. The minimum atomic E-state index is 0.00219. The maximum absolute atomic E-state index is 12.2. The minimum absolute atomic E-state index is 0.00219. The third-order valence-electron chi connectivity index (χ3n) is 2.54. The van der Waals surface area contributed by atoms with E-state index in [2.05, 4.69) is 15.9 Å². The van der Waals surface area contributed by atoms with E-state index in [0.717, 1.165) is 10.0 Å². The predicted molar refractivity (Wildman–Crippen MR) is 73.8 cm³/mol. The van der Waals surface area contributed by atoms with E-state index in [9.17, 15) is 4.79 Å². The van der Waals surface area contributed by atoms with E-state index >= 15 is 0 Å². The molecule has 0 aliphatic rings. The first-order valence-electron chi connectivity index (χ1n) is 5.14. The molecule has 17 heavy (non-hydrogen) atoms. The zero-order valence-corrected chi connectivity index (χ0v) is 11.5. The van der Waals surface area contributed by atoms with Crippen LogP contribution in [-0.2, 0) is 0 Å². The quantitative estimate of drug-likeness (QED) is 0.738. The van der Waals surface area contributed by atoms with E-state index in [1.165, 1.54) is 0 Å². The average Bonchev–Trinajstić information content (AvgIpc) is 2.33.